The SMILES string of the molecule is CNC(=O)C(Cc1ccc(Cl)cc1)N1CCN(C(=O)CCc2ccc(F)cc2)C(CCC(N)=O)C1. The Morgan fingerprint density at radius 2 is 1.71 bits per heavy atom. The molecule has 0 aliphatic carbocycles. The van der Waals surface area contributed by atoms with Gasteiger partial charge in [0.05, 0.1) is 6.04 Å². The Labute approximate surface area is 210 Å². The molecule has 1 aliphatic heterocycles. The van der Waals surface area contributed by atoms with Crippen molar-refractivity contribution in [1.82, 2.24) is 15.1 Å². The van der Waals surface area contributed by atoms with E-state index in [0.29, 0.717) is 43.9 Å². The van der Waals surface area contributed by atoms with Gasteiger partial charge in [-0.05, 0) is 54.7 Å². The zero-order valence-electron chi connectivity index (χ0n) is 19.9. The molecule has 0 bridgehead atoms. The molecule has 3 rings (SSSR count). The molecule has 0 aromatic heterocycles. The highest BCUT2D eigenvalue weighted by molar-refractivity contribution is 6.30. The lowest BCUT2D eigenvalue weighted by atomic mass is 9.99. The van der Waals surface area contributed by atoms with Gasteiger partial charge in [0.15, 0.2) is 0 Å². The van der Waals surface area contributed by atoms with Gasteiger partial charge in [-0.2, -0.15) is 0 Å². The van der Waals surface area contributed by atoms with Crippen LogP contribution in [0.4, 0.5) is 4.39 Å². The summed E-state index contributed by atoms with van der Waals surface area (Å²) < 4.78 is 13.2. The number of rotatable bonds is 10. The largest absolute Gasteiger partial charge is 0.370 e. The van der Waals surface area contributed by atoms with Crippen LogP contribution < -0.4 is 11.1 Å². The predicted molar refractivity (Wildman–Crippen MR) is 133 cm³/mol. The molecule has 2 aromatic rings. The zero-order chi connectivity index (χ0) is 25.4. The molecule has 35 heavy (non-hydrogen) atoms. The van der Waals surface area contributed by atoms with E-state index >= 15 is 0 Å². The number of nitrogens with zero attached hydrogens (tertiary/aromatic N) is 2. The van der Waals surface area contributed by atoms with Gasteiger partial charge in [0.25, 0.3) is 0 Å². The molecular formula is C26H32ClFN4O3. The van der Waals surface area contributed by atoms with Crippen LogP contribution in [0.2, 0.25) is 5.02 Å². The van der Waals surface area contributed by atoms with E-state index in [1.54, 1.807) is 36.2 Å². The molecule has 0 saturated carbocycles. The van der Waals surface area contributed by atoms with Crippen LogP contribution in [0, 0.1) is 5.82 Å². The Hall–Kier alpha value is -2.97. The van der Waals surface area contributed by atoms with Crippen LogP contribution in [0.15, 0.2) is 48.5 Å². The van der Waals surface area contributed by atoms with Gasteiger partial charge in [-0.15, -0.1) is 0 Å². The maximum Gasteiger partial charge on any atom is 0.237 e. The number of aryl methyl sites for hydroxylation is 1. The first-order valence-corrected chi connectivity index (χ1v) is 12.2. The quantitative estimate of drug-likeness (QED) is 0.522. The first kappa shape index (κ1) is 26.6. The number of primary amides is 1. The van der Waals surface area contributed by atoms with Crippen molar-refractivity contribution in [3.05, 3.63) is 70.5 Å². The monoisotopic (exact) mass is 502 g/mol. The van der Waals surface area contributed by atoms with E-state index < -0.39 is 11.9 Å². The summed E-state index contributed by atoms with van der Waals surface area (Å²) in [5.74, 6) is -0.876. The molecule has 2 unspecified atom stereocenters. The van der Waals surface area contributed by atoms with Crippen LogP contribution in [0.3, 0.4) is 0 Å². The molecule has 1 fully saturated rings. The lowest BCUT2D eigenvalue weighted by molar-refractivity contribution is -0.138. The normalized spacial score (nSPS) is 17.1. The molecule has 1 saturated heterocycles. The fourth-order valence-corrected chi connectivity index (χ4v) is 4.62. The Bertz CT molecular complexity index is 1020. The smallest absolute Gasteiger partial charge is 0.237 e. The fourth-order valence-electron chi connectivity index (χ4n) is 4.49. The van der Waals surface area contributed by atoms with Crippen molar-refractivity contribution in [1.29, 1.82) is 0 Å². The number of hydrogen-bond acceptors (Lipinski definition) is 4. The summed E-state index contributed by atoms with van der Waals surface area (Å²) in [7, 11) is 1.61. The molecule has 3 amide bonds. The number of benzene rings is 2. The minimum atomic E-state index is -0.426. The third-order valence-corrected chi connectivity index (χ3v) is 6.68. The number of hydrogen-bond donors (Lipinski definition) is 2. The average Bonchev–Trinajstić information content (AvgIpc) is 2.86. The van der Waals surface area contributed by atoms with Gasteiger partial charge in [0, 0.05) is 50.6 Å². The molecular weight excluding hydrogens is 471 g/mol. The summed E-state index contributed by atoms with van der Waals surface area (Å²) in [5.41, 5.74) is 7.26. The molecule has 1 aliphatic rings. The van der Waals surface area contributed by atoms with Gasteiger partial charge in [-0.1, -0.05) is 35.9 Å². The maximum absolute atomic E-state index is 13.2. The molecule has 3 N–H and O–H groups in total. The van der Waals surface area contributed by atoms with E-state index in [1.165, 1.54) is 12.1 Å². The number of halogens is 2. The van der Waals surface area contributed by atoms with E-state index in [9.17, 15) is 18.8 Å². The van der Waals surface area contributed by atoms with Crippen LogP contribution >= 0.6 is 11.6 Å². The number of carbonyl (C=O) groups is 3. The molecule has 0 spiro atoms. The number of nitrogens with two attached hydrogens (primary N) is 1. The van der Waals surface area contributed by atoms with Crippen LogP contribution in [0.5, 0.6) is 0 Å². The Morgan fingerprint density at radius 3 is 2.34 bits per heavy atom. The van der Waals surface area contributed by atoms with Gasteiger partial charge >= 0.3 is 0 Å². The van der Waals surface area contributed by atoms with E-state index in [0.717, 1.165) is 11.1 Å². The van der Waals surface area contributed by atoms with Crippen LogP contribution in [-0.4, -0.2) is 66.3 Å². The van der Waals surface area contributed by atoms with E-state index in [2.05, 4.69) is 10.2 Å². The summed E-state index contributed by atoms with van der Waals surface area (Å²) >= 11 is 6.00. The van der Waals surface area contributed by atoms with Crippen molar-refractivity contribution in [3.63, 3.8) is 0 Å². The summed E-state index contributed by atoms with van der Waals surface area (Å²) in [4.78, 5) is 41.3. The third-order valence-electron chi connectivity index (χ3n) is 6.43. The second-order valence-electron chi connectivity index (χ2n) is 8.83. The second-order valence-corrected chi connectivity index (χ2v) is 9.26. The lowest BCUT2D eigenvalue weighted by Gasteiger charge is -2.44. The summed E-state index contributed by atoms with van der Waals surface area (Å²) in [6, 6.07) is 12.8. The topological polar surface area (TPSA) is 95.7 Å². The molecule has 9 heteroatoms. The van der Waals surface area contributed by atoms with Crippen molar-refractivity contribution in [2.24, 2.45) is 5.73 Å². The molecule has 2 aromatic carbocycles. The minimum absolute atomic E-state index is 0.0300. The molecule has 188 valence electrons. The van der Waals surface area contributed by atoms with Gasteiger partial charge in [0.1, 0.15) is 5.82 Å². The molecule has 2 atom stereocenters. The predicted octanol–water partition coefficient (Wildman–Crippen LogP) is 2.55. The van der Waals surface area contributed by atoms with Crippen molar-refractivity contribution in [2.45, 2.75) is 44.2 Å². The summed E-state index contributed by atoms with van der Waals surface area (Å²) in [6.07, 6.45) is 1.86. The number of carbonyl (C=O) groups excluding carboxylic acids is 3. The summed E-state index contributed by atoms with van der Waals surface area (Å²) in [6.45, 7) is 1.43. The van der Waals surface area contributed by atoms with Gasteiger partial charge in [-0.3, -0.25) is 19.3 Å². The number of amides is 3. The summed E-state index contributed by atoms with van der Waals surface area (Å²) in [5, 5.41) is 3.38. The van der Waals surface area contributed by atoms with E-state index in [-0.39, 0.29) is 36.5 Å². The minimum Gasteiger partial charge on any atom is -0.370 e. The highest BCUT2D eigenvalue weighted by atomic mass is 35.5. The van der Waals surface area contributed by atoms with E-state index in [1.807, 2.05) is 12.1 Å². The number of piperazine rings is 1. The van der Waals surface area contributed by atoms with Crippen LogP contribution in [-0.2, 0) is 27.2 Å². The van der Waals surface area contributed by atoms with Crippen molar-refractivity contribution < 1.29 is 18.8 Å². The highest BCUT2D eigenvalue weighted by Gasteiger charge is 2.35. The first-order chi connectivity index (χ1) is 16.8. The van der Waals surface area contributed by atoms with Gasteiger partial charge in [0.2, 0.25) is 17.7 Å². The standard InChI is InChI=1S/C26H32ClFN4O3/c1-30-26(35)23(16-19-2-7-20(27)8-3-19)31-14-15-32(22(17-31)11-12-24(29)33)25(34)13-6-18-4-9-21(28)10-5-18/h2-5,7-10,22-23H,6,11-17H2,1H3,(H2,29,33)(H,30,35). The average molecular weight is 503 g/mol. The Balaban J connectivity index is 1.71. The Kier molecular flexibility index (Phi) is 9.63. The van der Waals surface area contributed by atoms with Crippen molar-refractivity contribution in [3.8, 4) is 0 Å². The van der Waals surface area contributed by atoms with Crippen LogP contribution in [0.25, 0.3) is 0 Å². The highest BCUT2D eigenvalue weighted by Crippen LogP contribution is 2.21. The lowest BCUT2D eigenvalue weighted by Crippen LogP contribution is -2.60. The number of likely N-dealkylation sites (N-methyl/N-ethyl adjacent to an activating group) is 1. The molecule has 7 nitrogen and oxygen atoms in total. The van der Waals surface area contributed by atoms with Crippen molar-refractivity contribution >= 4 is 29.3 Å². The van der Waals surface area contributed by atoms with Gasteiger partial charge < -0.3 is 16.0 Å². The number of nitrogens with one attached hydrogen (secondary N) is 1. The second kappa shape index (κ2) is 12.7. The third kappa shape index (κ3) is 7.77. The first-order valence-electron chi connectivity index (χ1n) is 11.8. The zero-order valence-corrected chi connectivity index (χ0v) is 20.6. The Morgan fingerprint density at radius 1 is 1.06 bits per heavy atom. The maximum atomic E-state index is 13.2. The molecule has 0 radical (unpaired) electrons. The van der Waals surface area contributed by atoms with Gasteiger partial charge in [-0.25, -0.2) is 4.39 Å². The van der Waals surface area contributed by atoms with Crippen molar-refractivity contribution in [2.75, 3.05) is 26.7 Å². The van der Waals surface area contributed by atoms with E-state index in [4.69, 9.17) is 17.3 Å². The fraction of sp³-hybridized carbons (Fsp3) is 0.423. The van der Waals surface area contributed by atoms with Crippen LogP contribution in [0.1, 0.15) is 30.4 Å². The molecule has 1 heterocycles.